The van der Waals surface area contributed by atoms with E-state index < -0.39 is 11.9 Å². The maximum Gasteiger partial charge on any atom is 0.303 e. The van der Waals surface area contributed by atoms with Crippen molar-refractivity contribution in [1.29, 1.82) is 0 Å². The second-order valence-corrected chi connectivity index (χ2v) is 11.0. The smallest absolute Gasteiger partial charge is 0.303 e. The monoisotopic (exact) mass is 662 g/mol. The number of aromatic hydroxyl groups is 2. The molecule has 256 valence electrons. The van der Waals surface area contributed by atoms with Crippen molar-refractivity contribution in [1.82, 2.24) is 20.4 Å². The van der Waals surface area contributed by atoms with Gasteiger partial charge in [0.05, 0.1) is 0 Å². The second kappa shape index (κ2) is 18.7. The third-order valence-corrected chi connectivity index (χ3v) is 7.17. The Balaban J connectivity index is 0.000000222. The predicted octanol–water partition coefficient (Wildman–Crippen LogP) is 2.90. The van der Waals surface area contributed by atoms with Gasteiger partial charge in [0.1, 0.15) is 34.6 Å². The number of amides is 2. The van der Waals surface area contributed by atoms with Crippen LogP contribution in [-0.2, 0) is 19.2 Å². The number of carboxylic acids is 2. The largest absolute Gasteiger partial charge is 0.508 e. The minimum Gasteiger partial charge on any atom is -0.508 e. The Bertz CT molecular complexity index is 1440. The number of carbonyl (C=O) groups excluding carboxylic acids is 2. The van der Waals surface area contributed by atoms with Crippen LogP contribution in [0.2, 0.25) is 0 Å². The molecule has 2 aromatic rings. The molecule has 14 heteroatoms. The van der Waals surface area contributed by atoms with Gasteiger partial charge in [0.2, 0.25) is 0 Å². The van der Waals surface area contributed by atoms with Gasteiger partial charge < -0.3 is 31.1 Å². The Morgan fingerprint density at radius 1 is 0.667 bits per heavy atom. The topological polar surface area (TPSA) is 204 Å². The van der Waals surface area contributed by atoms with Crippen LogP contribution in [0, 0.1) is 0 Å². The van der Waals surface area contributed by atoms with Crippen LogP contribution in [0.25, 0.3) is 12.2 Å². The van der Waals surface area contributed by atoms with E-state index in [2.05, 4.69) is 20.6 Å². The van der Waals surface area contributed by atoms with Crippen LogP contribution in [0.4, 0.5) is 0 Å². The van der Waals surface area contributed by atoms with E-state index in [9.17, 15) is 29.4 Å². The zero-order valence-corrected chi connectivity index (χ0v) is 27.1. The van der Waals surface area contributed by atoms with Crippen molar-refractivity contribution in [3.05, 3.63) is 71.1 Å². The molecule has 0 bridgehead atoms. The van der Waals surface area contributed by atoms with E-state index in [0.717, 1.165) is 37.3 Å². The Morgan fingerprint density at radius 2 is 1.00 bits per heavy atom. The Kier molecular flexibility index (Phi) is 14.5. The lowest BCUT2D eigenvalue weighted by Crippen LogP contribution is -2.39. The lowest BCUT2D eigenvalue weighted by atomic mass is 10.2. The SMILES string of the molecule is C1CNCCN1.CC1=N/C(=C/c2ccc(O)cc2)C(=O)N1CCCC(=O)O.CC1=N/C(=C/c2ccc(O)cc2)C(=O)N1CCCC(=O)O. The Morgan fingerprint density at radius 3 is 1.29 bits per heavy atom. The highest BCUT2D eigenvalue weighted by Gasteiger charge is 2.28. The van der Waals surface area contributed by atoms with Gasteiger partial charge in [-0.3, -0.25) is 29.0 Å². The summed E-state index contributed by atoms with van der Waals surface area (Å²) in [7, 11) is 0. The number of hydrogen-bond acceptors (Lipinski definition) is 10. The van der Waals surface area contributed by atoms with Crippen molar-refractivity contribution in [3.63, 3.8) is 0 Å². The van der Waals surface area contributed by atoms with Gasteiger partial charge in [0.25, 0.3) is 11.8 Å². The van der Waals surface area contributed by atoms with Crippen LogP contribution in [0.1, 0.15) is 50.7 Å². The molecular formula is C34H42N6O8. The number of carboxylic acid groups (broad SMARTS) is 2. The first-order valence-electron chi connectivity index (χ1n) is 15.6. The molecule has 2 amide bonds. The number of rotatable bonds is 10. The molecule has 0 unspecified atom stereocenters. The number of benzene rings is 2. The molecule has 0 spiro atoms. The van der Waals surface area contributed by atoms with Crippen LogP contribution in [0.15, 0.2) is 69.9 Å². The highest BCUT2D eigenvalue weighted by Crippen LogP contribution is 2.21. The molecule has 0 saturated carbocycles. The zero-order chi connectivity index (χ0) is 35.1. The van der Waals surface area contributed by atoms with Crippen LogP contribution < -0.4 is 10.6 Å². The standard InChI is InChI=1S/2C15H16N2O4.C4H10N2/c2*1-10-16-13(9-11-4-6-12(18)7-5-11)15(21)17(10)8-2-3-14(19)20;1-2-6-4-3-5-1/h2*4-7,9,18H,2-3,8H2,1H3,(H,19,20);5-6H,1-4H2/b2*13-9+;. The van der Waals surface area contributed by atoms with Gasteiger partial charge in [0, 0.05) is 52.1 Å². The van der Waals surface area contributed by atoms with Gasteiger partial charge >= 0.3 is 11.9 Å². The fourth-order valence-electron chi connectivity index (χ4n) is 4.69. The lowest BCUT2D eigenvalue weighted by Gasteiger charge is -2.14. The molecule has 1 fully saturated rings. The minimum atomic E-state index is -0.879. The van der Waals surface area contributed by atoms with Gasteiger partial charge in [-0.2, -0.15) is 0 Å². The molecule has 0 radical (unpaired) electrons. The van der Waals surface area contributed by atoms with Gasteiger partial charge in [0.15, 0.2) is 0 Å². The summed E-state index contributed by atoms with van der Waals surface area (Å²) in [5.74, 6) is -0.773. The van der Waals surface area contributed by atoms with E-state index in [-0.39, 0.29) is 36.2 Å². The summed E-state index contributed by atoms with van der Waals surface area (Å²) < 4.78 is 0. The van der Waals surface area contributed by atoms with E-state index in [1.165, 1.54) is 34.1 Å². The molecule has 3 heterocycles. The van der Waals surface area contributed by atoms with E-state index in [1.54, 1.807) is 50.3 Å². The molecule has 48 heavy (non-hydrogen) atoms. The molecule has 0 aromatic heterocycles. The maximum absolute atomic E-state index is 12.2. The molecule has 3 aliphatic rings. The first-order valence-corrected chi connectivity index (χ1v) is 15.6. The van der Waals surface area contributed by atoms with Crippen molar-refractivity contribution >= 4 is 47.6 Å². The number of hydrogen-bond donors (Lipinski definition) is 6. The second-order valence-electron chi connectivity index (χ2n) is 11.0. The summed E-state index contributed by atoms with van der Waals surface area (Å²) in [6.45, 7) is 8.67. The van der Waals surface area contributed by atoms with Crippen molar-refractivity contribution in [2.75, 3.05) is 39.3 Å². The third kappa shape index (κ3) is 12.1. The molecule has 0 atom stereocenters. The van der Waals surface area contributed by atoms with E-state index in [0.29, 0.717) is 49.0 Å². The Labute approximate surface area is 278 Å². The molecular weight excluding hydrogens is 620 g/mol. The molecule has 3 aliphatic heterocycles. The molecule has 2 aromatic carbocycles. The summed E-state index contributed by atoms with van der Waals surface area (Å²) in [5, 5.41) is 42.1. The zero-order valence-electron chi connectivity index (χ0n) is 27.1. The van der Waals surface area contributed by atoms with Crippen LogP contribution >= 0.6 is 0 Å². The Hall–Kier alpha value is -5.34. The normalized spacial score (nSPS) is 17.4. The maximum atomic E-state index is 12.2. The summed E-state index contributed by atoms with van der Waals surface area (Å²) in [6.07, 6.45) is 4.11. The van der Waals surface area contributed by atoms with E-state index >= 15 is 0 Å². The predicted molar refractivity (Wildman–Crippen MR) is 181 cm³/mol. The van der Waals surface area contributed by atoms with Crippen LogP contribution in [0.3, 0.4) is 0 Å². The van der Waals surface area contributed by atoms with Crippen molar-refractivity contribution < 1.29 is 39.6 Å². The fraction of sp³-hybridized carbons (Fsp3) is 0.353. The number of aliphatic imine (C=N–C) groups is 2. The number of nitrogens with one attached hydrogen (secondary N) is 2. The van der Waals surface area contributed by atoms with E-state index in [1.807, 2.05) is 0 Å². The number of aliphatic carboxylic acids is 2. The number of phenolic OH excluding ortho intramolecular Hbond substituents is 2. The fourth-order valence-corrected chi connectivity index (χ4v) is 4.69. The molecule has 1 saturated heterocycles. The number of piperazine rings is 1. The van der Waals surface area contributed by atoms with Gasteiger partial charge in [-0.05, 0) is 74.2 Å². The summed E-state index contributed by atoms with van der Waals surface area (Å²) in [4.78, 5) is 56.8. The number of phenols is 2. The number of nitrogens with zero attached hydrogens (tertiary/aromatic N) is 4. The van der Waals surface area contributed by atoms with Crippen molar-refractivity contribution in [2.45, 2.75) is 39.5 Å². The van der Waals surface area contributed by atoms with Crippen molar-refractivity contribution in [3.8, 4) is 11.5 Å². The summed E-state index contributed by atoms with van der Waals surface area (Å²) >= 11 is 0. The summed E-state index contributed by atoms with van der Waals surface area (Å²) in [5.41, 5.74) is 2.15. The third-order valence-electron chi connectivity index (χ3n) is 7.17. The minimum absolute atomic E-state index is 0.0219. The first-order chi connectivity index (χ1) is 22.9. The van der Waals surface area contributed by atoms with Crippen molar-refractivity contribution in [2.24, 2.45) is 9.98 Å². The van der Waals surface area contributed by atoms with E-state index in [4.69, 9.17) is 10.2 Å². The number of amidine groups is 2. The first kappa shape index (κ1) is 37.1. The van der Waals surface area contributed by atoms with Gasteiger partial charge in [-0.1, -0.05) is 24.3 Å². The van der Waals surface area contributed by atoms with Crippen LogP contribution in [-0.4, -0.2) is 105 Å². The average Bonchev–Trinajstić information content (AvgIpc) is 3.48. The molecule has 6 N–H and O–H groups in total. The van der Waals surface area contributed by atoms with Gasteiger partial charge in [-0.15, -0.1) is 0 Å². The molecule has 14 nitrogen and oxygen atoms in total. The average molecular weight is 663 g/mol. The molecule has 5 rings (SSSR count). The summed E-state index contributed by atoms with van der Waals surface area (Å²) in [6, 6.07) is 12.9. The molecule has 0 aliphatic carbocycles. The van der Waals surface area contributed by atoms with Crippen LogP contribution in [0.5, 0.6) is 11.5 Å². The number of carbonyl (C=O) groups is 4. The lowest BCUT2D eigenvalue weighted by molar-refractivity contribution is -0.138. The van der Waals surface area contributed by atoms with Gasteiger partial charge in [-0.25, -0.2) is 9.98 Å². The quantitative estimate of drug-likeness (QED) is 0.205. The highest BCUT2D eigenvalue weighted by atomic mass is 16.4. The highest BCUT2D eigenvalue weighted by molar-refractivity contribution is 6.14.